The maximum absolute atomic E-state index is 11.8. The standard InChI is InChI=1S/C10H19NO2/c1-8(2)9(12)11-5-6-13-7-10(11,3)4/h8H,5-7H2,1-4H3. The van der Waals surface area contributed by atoms with Crippen LogP contribution in [0.4, 0.5) is 0 Å². The number of carbonyl (C=O) groups is 1. The predicted octanol–water partition coefficient (Wildman–Crippen LogP) is 1.28. The summed E-state index contributed by atoms with van der Waals surface area (Å²) < 4.78 is 5.35. The third kappa shape index (κ3) is 2.21. The highest BCUT2D eigenvalue weighted by molar-refractivity contribution is 5.79. The van der Waals surface area contributed by atoms with Gasteiger partial charge in [0, 0.05) is 12.5 Å². The van der Waals surface area contributed by atoms with Crippen LogP contribution in [0, 0.1) is 5.92 Å². The number of carbonyl (C=O) groups excluding carboxylic acids is 1. The number of hydrogen-bond acceptors (Lipinski definition) is 2. The lowest BCUT2D eigenvalue weighted by Crippen LogP contribution is -2.56. The molecule has 0 N–H and O–H groups in total. The Morgan fingerprint density at radius 1 is 1.46 bits per heavy atom. The second-order valence-corrected chi connectivity index (χ2v) is 4.51. The molecule has 0 aromatic rings. The molecule has 0 atom stereocenters. The van der Waals surface area contributed by atoms with Crippen molar-refractivity contribution in [2.45, 2.75) is 33.2 Å². The van der Waals surface area contributed by atoms with E-state index in [9.17, 15) is 4.79 Å². The molecule has 0 spiro atoms. The van der Waals surface area contributed by atoms with Crippen molar-refractivity contribution in [1.29, 1.82) is 0 Å². The lowest BCUT2D eigenvalue weighted by atomic mass is 10.00. The number of rotatable bonds is 1. The monoisotopic (exact) mass is 185 g/mol. The fourth-order valence-corrected chi connectivity index (χ4v) is 1.58. The van der Waals surface area contributed by atoms with Gasteiger partial charge in [0.1, 0.15) is 0 Å². The predicted molar refractivity (Wildman–Crippen MR) is 51.4 cm³/mol. The van der Waals surface area contributed by atoms with Gasteiger partial charge in [0.25, 0.3) is 0 Å². The minimum atomic E-state index is -0.139. The van der Waals surface area contributed by atoms with Crippen LogP contribution in [0.25, 0.3) is 0 Å². The highest BCUT2D eigenvalue weighted by Crippen LogP contribution is 2.20. The summed E-state index contributed by atoms with van der Waals surface area (Å²) in [4.78, 5) is 13.7. The highest BCUT2D eigenvalue weighted by atomic mass is 16.5. The third-order valence-electron chi connectivity index (χ3n) is 2.41. The quantitative estimate of drug-likeness (QED) is 0.616. The molecular formula is C10H19NO2. The van der Waals surface area contributed by atoms with Gasteiger partial charge in [-0.05, 0) is 13.8 Å². The van der Waals surface area contributed by atoms with Gasteiger partial charge in [0.15, 0.2) is 0 Å². The van der Waals surface area contributed by atoms with Crippen LogP contribution in [0.5, 0.6) is 0 Å². The Morgan fingerprint density at radius 2 is 2.08 bits per heavy atom. The first-order valence-electron chi connectivity index (χ1n) is 4.84. The molecule has 1 fully saturated rings. The first kappa shape index (κ1) is 10.5. The first-order valence-corrected chi connectivity index (χ1v) is 4.84. The van der Waals surface area contributed by atoms with E-state index < -0.39 is 0 Å². The summed E-state index contributed by atoms with van der Waals surface area (Å²) in [7, 11) is 0. The van der Waals surface area contributed by atoms with Crippen molar-refractivity contribution in [2.75, 3.05) is 19.8 Å². The Morgan fingerprint density at radius 3 is 2.54 bits per heavy atom. The Balaban J connectivity index is 2.71. The van der Waals surface area contributed by atoms with E-state index in [0.717, 1.165) is 6.54 Å². The van der Waals surface area contributed by atoms with Gasteiger partial charge in [-0.2, -0.15) is 0 Å². The zero-order valence-corrected chi connectivity index (χ0v) is 8.96. The van der Waals surface area contributed by atoms with E-state index >= 15 is 0 Å². The zero-order chi connectivity index (χ0) is 10.1. The minimum Gasteiger partial charge on any atom is -0.377 e. The fourth-order valence-electron chi connectivity index (χ4n) is 1.58. The summed E-state index contributed by atoms with van der Waals surface area (Å²) in [6, 6.07) is 0. The molecule has 1 aliphatic heterocycles. The van der Waals surface area contributed by atoms with Crippen LogP contribution in [-0.2, 0) is 9.53 Å². The van der Waals surface area contributed by atoms with Gasteiger partial charge < -0.3 is 9.64 Å². The first-order chi connectivity index (χ1) is 5.95. The average molecular weight is 185 g/mol. The lowest BCUT2D eigenvalue weighted by molar-refractivity contribution is -0.149. The molecule has 3 nitrogen and oxygen atoms in total. The molecule has 0 aromatic heterocycles. The van der Waals surface area contributed by atoms with E-state index in [1.807, 2.05) is 32.6 Å². The lowest BCUT2D eigenvalue weighted by Gasteiger charge is -2.43. The highest BCUT2D eigenvalue weighted by Gasteiger charge is 2.34. The molecule has 13 heavy (non-hydrogen) atoms. The van der Waals surface area contributed by atoms with Crippen molar-refractivity contribution < 1.29 is 9.53 Å². The number of nitrogens with zero attached hydrogens (tertiary/aromatic N) is 1. The van der Waals surface area contributed by atoms with Crippen LogP contribution in [0.3, 0.4) is 0 Å². The van der Waals surface area contributed by atoms with Gasteiger partial charge in [0.05, 0.1) is 18.8 Å². The fraction of sp³-hybridized carbons (Fsp3) is 0.900. The molecule has 0 aromatic carbocycles. The van der Waals surface area contributed by atoms with Crippen LogP contribution in [0.2, 0.25) is 0 Å². The van der Waals surface area contributed by atoms with E-state index in [1.54, 1.807) is 0 Å². The van der Waals surface area contributed by atoms with Crippen LogP contribution < -0.4 is 0 Å². The molecule has 1 amide bonds. The molecule has 3 heteroatoms. The third-order valence-corrected chi connectivity index (χ3v) is 2.41. The summed E-state index contributed by atoms with van der Waals surface area (Å²) in [6.45, 7) is 10.0. The Bertz CT molecular complexity index is 199. The molecule has 0 bridgehead atoms. The molecule has 1 saturated heterocycles. The van der Waals surface area contributed by atoms with Gasteiger partial charge in [-0.15, -0.1) is 0 Å². The smallest absolute Gasteiger partial charge is 0.225 e. The average Bonchev–Trinajstić information content (AvgIpc) is 2.02. The molecule has 0 saturated carbocycles. The maximum Gasteiger partial charge on any atom is 0.225 e. The van der Waals surface area contributed by atoms with E-state index in [4.69, 9.17) is 4.74 Å². The van der Waals surface area contributed by atoms with E-state index in [2.05, 4.69) is 0 Å². The van der Waals surface area contributed by atoms with E-state index in [-0.39, 0.29) is 17.4 Å². The zero-order valence-electron chi connectivity index (χ0n) is 8.96. The molecule has 0 aliphatic carbocycles. The molecule has 1 rings (SSSR count). The van der Waals surface area contributed by atoms with Crippen molar-refractivity contribution >= 4 is 5.91 Å². The number of ether oxygens (including phenoxy) is 1. The van der Waals surface area contributed by atoms with E-state index in [1.165, 1.54) is 0 Å². The van der Waals surface area contributed by atoms with Gasteiger partial charge in [-0.3, -0.25) is 4.79 Å². The summed E-state index contributed by atoms with van der Waals surface area (Å²) in [5, 5.41) is 0. The normalized spacial score (nSPS) is 22.1. The molecule has 0 radical (unpaired) electrons. The largest absolute Gasteiger partial charge is 0.377 e. The van der Waals surface area contributed by atoms with Gasteiger partial charge >= 0.3 is 0 Å². The molecule has 1 aliphatic rings. The summed E-state index contributed by atoms with van der Waals surface area (Å²) in [5.41, 5.74) is -0.139. The van der Waals surface area contributed by atoms with Crippen molar-refractivity contribution in [3.8, 4) is 0 Å². The topological polar surface area (TPSA) is 29.5 Å². The van der Waals surface area contributed by atoms with E-state index in [0.29, 0.717) is 13.2 Å². The van der Waals surface area contributed by atoms with Crippen LogP contribution in [0.1, 0.15) is 27.7 Å². The Labute approximate surface area is 80.1 Å². The van der Waals surface area contributed by atoms with Crippen LogP contribution >= 0.6 is 0 Å². The second kappa shape index (κ2) is 3.66. The summed E-state index contributed by atoms with van der Waals surface area (Å²) in [5.74, 6) is 0.311. The maximum atomic E-state index is 11.8. The molecule has 0 unspecified atom stereocenters. The summed E-state index contributed by atoms with van der Waals surface area (Å²) >= 11 is 0. The van der Waals surface area contributed by atoms with Gasteiger partial charge in [-0.25, -0.2) is 0 Å². The molecular weight excluding hydrogens is 166 g/mol. The van der Waals surface area contributed by atoms with Crippen molar-refractivity contribution in [3.05, 3.63) is 0 Å². The van der Waals surface area contributed by atoms with Crippen LogP contribution in [-0.4, -0.2) is 36.1 Å². The van der Waals surface area contributed by atoms with Gasteiger partial charge in [0.2, 0.25) is 5.91 Å². The van der Waals surface area contributed by atoms with Gasteiger partial charge in [-0.1, -0.05) is 13.8 Å². The number of morpholine rings is 1. The molecule has 1 heterocycles. The van der Waals surface area contributed by atoms with Crippen molar-refractivity contribution in [2.24, 2.45) is 5.92 Å². The Hall–Kier alpha value is -0.570. The number of amides is 1. The SMILES string of the molecule is CC(C)C(=O)N1CCOCC1(C)C. The Kier molecular flexibility index (Phi) is 2.96. The number of hydrogen-bond donors (Lipinski definition) is 0. The second-order valence-electron chi connectivity index (χ2n) is 4.51. The summed E-state index contributed by atoms with van der Waals surface area (Å²) in [6.07, 6.45) is 0. The molecule has 76 valence electrons. The van der Waals surface area contributed by atoms with Crippen molar-refractivity contribution in [1.82, 2.24) is 4.90 Å². The minimum absolute atomic E-state index is 0.0809. The van der Waals surface area contributed by atoms with Crippen LogP contribution in [0.15, 0.2) is 0 Å². The van der Waals surface area contributed by atoms with Crippen molar-refractivity contribution in [3.63, 3.8) is 0 Å².